The zero-order chi connectivity index (χ0) is 18.2. The molecular weight excluding hydrogens is 320 g/mol. The molecule has 2 atom stereocenters. The topological polar surface area (TPSA) is 34.0 Å². The van der Waals surface area contributed by atoms with Crippen molar-refractivity contribution in [3.63, 3.8) is 0 Å². The number of hydrogen-bond acceptors (Lipinski definition) is 1. The first-order valence-corrected chi connectivity index (χ1v) is 9.27. The van der Waals surface area contributed by atoms with Crippen molar-refractivity contribution in [2.75, 3.05) is 0 Å². The van der Waals surface area contributed by atoms with E-state index >= 15 is 0 Å². The van der Waals surface area contributed by atoms with Crippen LogP contribution in [0.3, 0.4) is 0 Å². The lowest BCUT2D eigenvalue weighted by molar-refractivity contribution is -0.125. The third kappa shape index (κ3) is 4.85. The molecule has 2 aromatic carbocycles. The Hall–Kier alpha value is -2.81. The van der Waals surface area contributed by atoms with Crippen LogP contribution in [0.4, 0.5) is 0 Å². The van der Waals surface area contributed by atoms with Crippen molar-refractivity contribution in [3.8, 4) is 0 Å². The summed E-state index contributed by atoms with van der Waals surface area (Å²) < 4.78 is 2.00. The van der Waals surface area contributed by atoms with E-state index in [9.17, 15) is 4.79 Å². The van der Waals surface area contributed by atoms with E-state index in [0.29, 0.717) is 6.42 Å². The molecule has 3 nitrogen and oxygen atoms in total. The highest BCUT2D eigenvalue weighted by Gasteiger charge is 2.22. The molecule has 0 bridgehead atoms. The van der Waals surface area contributed by atoms with Crippen LogP contribution in [-0.2, 0) is 17.6 Å². The van der Waals surface area contributed by atoms with Gasteiger partial charge in [-0.15, -0.1) is 0 Å². The van der Waals surface area contributed by atoms with Crippen LogP contribution in [0.2, 0.25) is 0 Å². The van der Waals surface area contributed by atoms with Gasteiger partial charge in [0.2, 0.25) is 5.91 Å². The first kappa shape index (κ1) is 18.0. The number of carbonyl (C=O) groups is 1. The Balaban J connectivity index is 1.72. The highest BCUT2D eigenvalue weighted by molar-refractivity contribution is 5.81. The minimum absolute atomic E-state index is 0.0767. The van der Waals surface area contributed by atoms with Gasteiger partial charge in [0.25, 0.3) is 0 Å². The van der Waals surface area contributed by atoms with Gasteiger partial charge in [-0.05, 0) is 36.1 Å². The van der Waals surface area contributed by atoms with Gasteiger partial charge in [-0.1, -0.05) is 67.6 Å². The van der Waals surface area contributed by atoms with E-state index in [-0.39, 0.29) is 18.0 Å². The van der Waals surface area contributed by atoms with Gasteiger partial charge in [-0.25, -0.2) is 0 Å². The number of nitrogens with zero attached hydrogens (tertiary/aromatic N) is 1. The number of amides is 1. The van der Waals surface area contributed by atoms with Gasteiger partial charge in [-0.2, -0.15) is 0 Å². The maximum atomic E-state index is 13.1. The van der Waals surface area contributed by atoms with E-state index in [1.165, 1.54) is 5.56 Å². The molecule has 26 heavy (non-hydrogen) atoms. The summed E-state index contributed by atoms with van der Waals surface area (Å²) in [7, 11) is 0. The van der Waals surface area contributed by atoms with Gasteiger partial charge in [0.15, 0.2) is 0 Å². The monoisotopic (exact) mass is 346 g/mol. The SMILES string of the molecule is CC[C@H](Cc1ccccc1)NC(=O)[C@@H](Cc1ccccc1)n1cccc1. The molecular formula is C23H26N2O. The molecule has 0 saturated carbocycles. The molecule has 1 heterocycles. The van der Waals surface area contributed by atoms with Gasteiger partial charge < -0.3 is 9.88 Å². The second-order valence-corrected chi connectivity index (χ2v) is 6.64. The largest absolute Gasteiger partial charge is 0.351 e. The highest BCUT2D eigenvalue weighted by atomic mass is 16.2. The molecule has 134 valence electrons. The Morgan fingerprint density at radius 2 is 1.38 bits per heavy atom. The molecule has 0 aliphatic heterocycles. The molecule has 3 heteroatoms. The number of nitrogens with one attached hydrogen (secondary N) is 1. The number of rotatable bonds is 8. The summed E-state index contributed by atoms with van der Waals surface area (Å²) in [6, 6.07) is 24.3. The predicted molar refractivity (Wildman–Crippen MR) is 106 cm³/mol. The quantitative estimate of drug-likeness (QED) is 0.644. The summed E-state index contributed by atoms with van der Waals surface area (Å²) in [6.45, 7) is 2.12. The van der Waals surface area contributed by atoms with E-state index in [4.69, 9.17) is 0 Å². The maximum absolute atomic E-state index is 13.1. The summed E-state index contributed by atoms with van der Waals surface area (Å²) in [4.78, 5) is 13.1. The van der Waals surface area contributed by atoms with Crippen LogP contribution in [-0.4, -0.2) is 16.5 Å². The fraction of sp³-hybridized carbons (Fsp3) is 0.261. The van der Waals surface area contributed by atoms with E-state index in [0.717, 1.165) is 18.4 Å². The lowest BCUT2D eigenvalue weighted by Crippen LogP contribution is -2.41. The molecule has 3 aromatic rings. The summed E-state index contributed by atoms with van der Waals surface area (Å²) in [5, 5.41) is 3.26. The molecule has 0 spiro atoms. The summed E-state index contributed by atoms with van der Waals surface area (Å²) >= 11 is 0. The van der Waals surface area contributed by atoms with Crippen LogP contribution in [0.5, 0.6) is 0 Å². The number of hydrogen-bond donors (Lipinski definition) is 1. The molecule has 1 amide bonds. The van der Waals surface area contributed by atoms with Crippen molar-refractivity contribution in [1.82, 2.24) is 9.88 Å². The molecule has 0 unspecified atom stereocenters. The maximum Gasteiger partial charge on any atom is 0.243 e. The van der Waals surface area contributed by atoms with Gasteiger partial charge in [-0.3, -0.25) is 4.79 Å². The van der Waals surface area contributed by atoms with Crippen molar-refractivity contribution in [2.24, 2.45) is 0 Å². The third-order valence-corrected chi connectivity index (χ3v) is 4.73. The van der Waals surface area contributed by atoms with Gasteiger partial charge in [0.05, 0.1) is 0 Å². The number of carbonyl (C=O) groups excluding carboxylic acids is 1. The van der Waals surface area contributed by atoms with Gasteiger partial charge >= 0.3 is 0 Å². The van der Waals surface area contributed by atoms with Gasteiger partial charge in [0, 0.05) is 24.9 Å². The fourth-order valence-corrected chi connectivity index (χ4v) is 3.22. The second-order valence-electron chi connectivity index (χ2n) is 6.64. The third-order valence-electron chi connectivity index (χ3n) is 4.73. The molecule has 1 aromatic heterocycles. The zero-order valence-corrected chi connectivity index (χ0v) is 15.2. The summed E-state index contributed by atoms with van der Waals surface area (Å²) in [5.74, 6) is 0.0767. The molecule has 0 aliphatic rings. The smallest absolute Gasteiger partial charge is 0.243 e. The predicted octanol–water partition coefficient (Wildman–Crippen LogP) is 4.41. The van der Waals surface area contributed by atoms with Crippen LogP contribution in [0.1, 0.15) is 30.5 Å². The van der Waals surface area contributed by atoms with Crippen molar-refractivity contribution in [2.45, 2.75) is 38.3 Å². The average Bonchev–Trinajstić information content (AvgIpc) is 3.21. The summed E-state index contributed by atoms with van der Waals surface area (Å²) in [5.41, 5.74) is 2.41. The average molecular weight is 346 g/mol. The minimum atomic E-state index is -0.239. The normalized spacial score (nSPS) is 13.1. The zero-order valence-electron chi connectivity index (χ0n) is 15.2. The van der Waals surface area contributed by atoms with Crippen molar-refractivity contribution in [1.29, 1.82) is 0 Å². The molecule has 0 fully saturated rings. The molecule has 0 radical (unpaired) electrons. The Morgan fingerprint density at radius 1 is 0.846 bits per heavy atom. The van der Waals surface area contributed by atoms with Crippen LogP contribution < -0.4 is 5.32 Å². The van der Waals surface area contributed by atoms with E-state index in [1.807, 2.05) is 65.5 Å². The van der Waals surface area contributed by atoms with E-state index in [2.05, 4.69) is 36.5 Å². The Kier molecular flexibility index (Phi) is 6.26. The lowest BCUT2D eigenvalue weighted by atomic mass is 10.0. The van der Waals surface area contributed by atoms with Crippen LogP contribution in [0.25, 0.3) is 0 Å². The van der Waals surface area contributed by atoms with Crippen LogP contribution in [0, 0.1) is 0 Å². The standard InChI is InChI=1S/C23H26N2O/c1-2-21(17-19-11-5-3-6-12-19)24-23(26)22(25-15-9-10-16-25)18-20-13-7-4-8-14-20/h3-16,21-22H,2,17-18H2,1H3,(H,24,26)/t21-,22-/m1/s1. The molecule has 0 saturated heterocycles. The Bertz CT molecular complexity index is 782. The van der Waals surface area contributed by atoms with Crippen LogP contribution in [0.15, 0.2) is 85.2 Å². The van der Waals surface area contributed by atoms with Crippen LogP contribution >= 0.6 is 0 Å². The highest BCUT2D eigenvalue weighted by Crippen LogP contribution is 2.16. The number of aromatic nitrogens is 1. The summed E-state index contributed by atoms with van der Waals surface area (Å²) in [6.07, 6.45) is 6.37. The van der Waals surface area contributed by atoms with Crippen molar-refractivity contribution < 1.29 is 4.79 Å². The van der Waals surface area contributed by atoms with Gasteiger partial charge in [0.1, 0.15) is 6.04 Å². The molecule has 0 aliphatic carbocycles. The fourth-order valence-electron chi connectivity index (χ4n) is 3.22. The second kappa shape index (κ2) is 9.04. The van der Waals surface area contributed by atoms with E-state index in [1.54, 1.807) is 0 Å². The van der Waals surface area contributed by atoms with Crippen molar-refractivity contribution in [3.05, 3.63) is 96.3 Å². The lowest BCUT2D eigenvalue weighted by Gasteiger charge is -2.23. The van der Waals surface area contributed by atoms with Crippen molar-refractivity contribution >= 4 is 5.91 Å². The minimum Gasteiger partial charge on any atom is -0.351 e. The Labute approximate surface area is 155 Å². The molecule has 3 rings (SSSR count). The first-order valence-electron chi connectivity index (χ1n) is 9.27. The Morgan fingerprint density at radius 3 is 1.92 bits per heavy atom. The van der Waals surface area contributed by atoms with E-state index < -0.39 is 0 Å². The number of benzene rings is 2. The molecule has 1 N–H and O–H groups in total. The first-order chi connectivity index (χ1) is 12.8.